The molecule has 2 aromatic rings. The SMILES string of the molecule is CN(CC(=O)NCCOc1ccccc1)Cc1ccc(Cl)cc1. The molecule has 0 saturated heterocycles. The fourth-order valence-corrected chi connectivity index (χ4v) is 2.26. The van der Waals surface area contributed by atoms with E-state index >= 15 is 0 Å². The molecule has 0 fully saturated rings. The molecular weight excluding hydrogens is 312 g/mol. The lowest BCUT2D eigenvalue weighted by molar-refractivity contribution is -0.122. The average molecular weight is 333 g/mol. The van der Waals surface area contributed by atoms with Crippen LogP contribution in [-0.2, 0) is 11.3 Å². The Kier molecular flexibility index (Phi) is 6.91. The number of benzene rings is 2. The van der Waals surface area contributed by atoms with Gasteiger partial charge >= 0.3 is 0 Å². The molecule has 0 heterocycles. The zero-order chi connectivity index (χ0) is 16.5. The van der Waals surface area contributed by atoms with Gasteiger partial charge in [0.2, 0.25) is 5.91 Å². The van der Waals surface area contributed by atoms with Crippen molar-refractivity contribution < 1.29 is 9.53 Å². The van der Waals surface area contributed by atoms with Crippen molar-refractivity contribution in [3.8, 4) is 5.75 Å². The maximum Gasteiger partial charge on any atom is 0.234 e. The van der Waals surface area contributed by atoms with Crippen molar-refractivity contribution in [1.29, 1.82) is 0 Å². The van der Waals surface area contributed by atoms with Crippen LogP contribution in [0.4, 0.5) is 0 Å². The quantitative estimate of drug-likeness (QED) is 0.756. The first-order valence-electron chi connectivity index (χ1n) is 7.51. The van der Waals surface area contributed by atoms with Crippen molar-refractivity contribution in [2.45, 2.75) is 6.54 Å². The maximum atomic E-state index is 11.9. The van der Waals surface area contributed by atoms with Gasteiger partial charge in [0.15, 0.2) is 0 Å². The monoisotopic (exact) mass is 332 g/mol. The highest BCUT2D eigenvalue weighted by Gasteiger charge is 2.06. The molecule has 0 radical (unpaired) electrons. The molecule has 0 unspecified atom stereocenters. The lowest BCUT2D eigenvalue weighted by Gasteiger charge is -2.16. The second-order valence-corrected chi connectivity index (χ2v) is 5.75. The number of amides is 1. The molecule has 4 nitrogen and oxygen atoms in total. The van der Waals surface area contributed by atoms with Crippen molar-refractivity contribution in [1.82, 2.24) is 10.2 Å². The smallest absolute Gasteiger partial charge is 0.234 e. The van der Waals surface area contributed by atoms with Crippen LogP contribution in [0.3, 0.4) is 0 Å². The molecule has 1 N–H and O–H groups in total. The predicted molar refractivity (Wildman–Crippen MR) is 92.7 cm³/mol. The van der Waals surface area contributed by atoms with Crippen LogP contribution < -0.4 is 10.1 Å². The van der Waals surface area contributed by atoms with Gasteiger partial charge in [0.1, 0.15) is 12.4 Å². The van der Waals surface area contributed by atoms with Crippen LogP contribution in [0.25, 0.3) is 0 Å². The minimum Gasteiger partial charge on any atom is -0.492 e. The van der Waals surface area contributed by atoms with Gasteiger partial charge in [-0.1, -0.05) is 41.9 Å². The number of rotatable bonds is 8. The molecule has 0 aliphatic heterocycles. The minimum absolute atomic E-state index is 0.0156. The second kappa shape index (κ2) is 9.18. The van der Waals surface area contributed by atoms with E-state index in [0.29, 0.717) is 31.3 Å². The van der Waals surface area contributed by atoms with Crippen molar-refractivity contribution in [2.75, 3.05) is 26.7 Å². The van der Waals surface area contributed by atoms with E-state index in [1.807, 2.05) is 66.5 Å². The van der Waals surface area contributed by atoms with E-state index in [0.717, 1.165) is 11.3 Å². The zero-order valence-electron chi connectivity index (χ0n) is 13.2. The van der Waals surface area contributed by atoms with Gasteiger partial charge in [-0.25, -0.2) is 0 Å². The molecule has 2 aromatic carbocycles. The minimum atomic E-state index is -0.0156. The Balaban J connectivity index is 1.63. The number of nitrogens with zero attached hydrogens (tertiary/aromatic N) is 1. The molecule has 23 heavy (non-hydrogen) atoms. The highest BCUT2D eigenvalue weighted by Crippen LogP contribution is 2.10. The summed E-state index contributed by atoms with van der Waals surface area (Å²) in [7, 11) is 1.91. The number of ether oxygens (including phenoxy) is 1. The molecule has 0 saturated carbocycles. The molecule has 0 bridgehead atoms. The first kappa shape index (κ1) is 17.3. The molecule has 0 atom stereocenters. The second-order valence-electron chi connectivity index (χ2n) is 5.31. The van der Waals surface area contributed by atoms with Gasteiger partial charge in [-0.3, -0.25) is 9.69 Å². The van der Waals surface area contributed by atoms with Crippen LogP contribution in [0, 0.1) is 0 Å². The Morgan fingerprint density at radius 3 is 2.52 bits per heavy atom. The first-order chi connectivity index (χ1) is 11.1. The third kappa shape index (κ3) is 6.72. The van der Waals surface area contributed by atoms with E-state index in [1.54, 1.807) is 0 Å². The third-order valence-electron chi connectivity index (χ3n) is 3.22. The number of carbonyl (C=O) groups excluding carboxylic acids is 1. The Bertz CT molecular complexity index is 602. The Morgan fingerprint density at radius 1 is 1.13 bits per heavy atom. The Hall–Kier alpha value is -2.04. The number of nitrogens with one attached hydrogen (secondary N) is 1. The summed E-state index contributed by atoms with van der Waals surface area (Å²) < 4.78 is 5.53. The van der Waals surface area contributed by atoms with Crippen LogP contribution >= 0.6 is 11.6 Å². The summed E-state index contributed by atoms with van der Waals surface area (Å²) in [5.41, 5.74) is 1.12. The van der Waals surface area contributed by atoms with Crippen molar-refractivity contribution >= 4 is 17.5 Å². The number of carbonyl (C=O) groups is 1. The standard InChI is InChI=1S/C18H21ClN2O2/c1-21(13-15-7-9-16(19)10-8-15)14-18(22)20-11-12-23-17-5-3-2-4-6-17/h2-10H,11-14H2,1H3,(H,20,22). The summed E-state index contributed by atoms with van der Waals surface area (Å²) in [5, 5.41) is 3.57. The van der Waals surface area contributed by atoms with Gasteiger partial charge in [0.25, 0.3) is 0 Å². The van der Waals surface area contributed by atoms with Gasteiger partial charge in [-0.05, 0) is 36.9 Å². The van der Waals surface area contributed by atoms with Crippen LogP contribution in [0.2, 0.25) is 5.02 Å². The van der Waals surface area contributed by atoms with Gasteiger partial charge in [-0.2, -0.15) is 0 Å². The average Bonchev–Trinajstić information content (AvgIpc) is 2.55. The number of likely N-dealkylation sites (N-methyl/N-ethyl adjacent to an activating group) is 1. The van der Waals surface area contributed by atoms with Crippen molar-refractivity contribution in [2.24, 2.45) is 0 Å². The molecule has 1 amide bonds. The number of hydrogen-bond donors (Lipinski definition) is 1. The summed E-state index contributed by atoms with van der Waals surface area (Å²) in [5.74, 6) is 0.791. The van der Waals surface area contributed by atoms with Crippen molar-refractivity contribution in [3.05, 3.63) is 65.2 Å². The molecular formula is C18H21ClN2O2. The van der Waals surface area contributed by atoms with E-state index in [9.17, 15) is 4.79 Å². The van der Waals surface area contributed by atoms with E-state index in [2.05, 4.69) is 5.32 Å². The topological polar surface area (TPSA) is 41.6 Å². The largest absolute Gasteiger partial charge is 0.492 e. The first-order valence-corrected chi connectivity index (χ1v) is 7.89. The van der Waals surface area contributed by atoms with Gasteiger partial charge in [0.05, 0.1) is 13.1 Å². The predicted octanol–water partition coefficient (Wildman–Crippen LogP) is 2.97. The third-order valence-corrected chi connectivity index (χ3v) is 3.47. The number of halogens is 1. The fourth-order valence-electron chi connectivity index (χ4n) is 2.13. The highest BCUT2D eigenvalue weighted by atomic mass is 35.5. The van der Waals surface area contributed by atoms with Crippen molar-refractivity contribution in [3.63, 3.8) is 0 Å². The maximum absolute atomic E-state index is 11.9. The molecule has 5 heteroatoms. The van der Waals surface area contributed by atoms with E-state index in [4.69, 9.17) is 16.3 Å². The summed E-state index contributed by atoms with van der Waals surface area (Å²) in [4.78, 5) is 13.8. The number of para-hydroxylation sites is 1. The van der Waals surface area contributed by atoms with Crippen LogP contribution in [0.15, 0.2) is 54.6 Å². The molecule has 0 aliphatic rings. The van der Waals surface area contributed by atoms with Gasteiger partial charge in [-0.15, -0.1) is 0 Å². The lowest BCUT2D eigenvalue weighted by Crippen LogP contribution is -2.36. The van der Waals surface area contributed by atoms with E-state index < -0.39 is 0 Å². The summed E-state index contributed by atoms with van der Waals surface area (Å²) in [6, 6.07) is 17.2. The fraction of sp³-hybridized carbons (Fsp3) is 0.278. The van der Waals surface area contributed by atoms with Crippen LogP contribution in [0.1, 0.15) is 5.56 Å². The van der Waals surface area contributed by atoms with Gasteiger partial charge in [0, 0.05) is 11.6 Å². The molecule has 2 rings (SSSR count). The van der Waals surface area contributed by atoms with E-state index in [-0.39, 0.29) is 5.91 Å². The molecule has 122 valence electrons. The molecule has 0 spiro atoms. The number of hydrogen-bond acceptors (Lipinski definition) is 3. The Labute approximate surface area is 142 Å². The zero-order valence-corrected chi connectivity index (χ0v) is 13.9. The summed E-state index contributed by atoms with van der Waals surface area (Å²) >= 11 is 5.86. The lowest BCUT2D eigenvalue weighted by atomic mass is 10.2. The summed E-state index contributed by atoms with van der Waals surface area (Å²) in [6.45, 7) is 1.98. The highest BCUT2D eigenvalue weighted by molar-refractivity contribution is 6.30. The normalized spacial score (nSPS) is 10.6. The molecule has 0 aromatic heterocycles. The molecule has 0 aliphatic carbocycles. The van der Waals surface area contributed by atoms with E-state index in [1.165, 1.54) is 0 Å². The van der Waals surface area contributed by atoms with Crippen LogP contribution in [-0.4, -0.2) is 37.6 Å². The van der Waals surface area contributed by atoms with Gasteiger partial charge < -0.3 is 10.1 Å². The summed E-state index contributed by atoms with van der Waals surface area (Å²) in [6.07, 6.45) is 0. The Morgan fingerprint density at radius 2 is 1.83 bits per heavy atom. The van der Waals surface area contributed by atoms with Crippen LogP contribution in [0.5, 0.6) is 5.75 Å².